The minimum atomic E-state index is -3.72. The highest BCUT2D eigenvalue weighted by Gasteiger charge is 2.15. The van der Waals surface area contributed by atoms with E-state index in [0.717, 1.165) is 16.7 Å². The molecule has 3 aromatic heterocycles. The standard InChI is InChI=1S/C20H20N6O2S.ClH/c1-13(2)14-3-6-18(7-4-14)29(27,28)25-17-9-16(10-22-11-17)15-5-8-19-23-20(21)24-26(19)12-15;/h3-13,25H,1-2H3,(H2,21,24);1H. The molecule has 0 atom stereocenters. The van der Waals surface area contributed by atoms with Gasteiger partial charge in [0.1, 0.15) is 0 Å². The van der Waals surface area contributed by atoms with Gasteiger partial charge in [0.05, 0.1) is 16.8 Å². The molecule has 156 valence electrons. The van der Waals surface area contributed by atoms with Gasteiger partial charge in [0.25, 0.3) is 10.0 Å². The second-order valence-corrected chi connectivity index (χ2v) is 8.66. The number of halogens is 1. The summed E-state index contributed by atoms with van der Waals surface area (Å²) in [5.41, 5.74) is 9.23. The molecule has 10 heteroatoms. The van der Waals surface area contributed by atoms with E-state index >= 15 is 0 Å². The fraction of sp³-hybridized carbons (Fsp3) is 0.150. The Morgan fingerprint density at radius 2 is 1.77 bits per heavy atom. The maximum Gasteiger partial charge on any atom is 0.261 e. The number of hydrogen-bond acceptors (Lipinski definition) is 6. The average molecular weight is 445 g/mol. The van der Waals surface area contributed by atoms with Gasteiger partial charge >= 0.3 is 0 Å². The van der Waals surface area contributed by atoms with E-state index in [-0.39, 0.29) is 23.3 Å². The quantitative estimate of drug-likeness (QED) is 0.484. The smallest absolute Gasteiger partial charge is 0.261 e. The number of fused-ring (bicyclic) bond motifs is 1. The first-order valence-corrected chi connectivity index (χ1v) is 10.5. The van der Waals surface area contributed by atoms with Crippen molar-refractivity contribution in [3.63, 3.8) is 0 Å². The lowest BCUT2D eigenvalue weighted by Gasteiger charge is -2.11. The fourth-order valence-corrected chi connectivity index (χ4v) is 4.00. The number of pyridine rings is 2. The third kappa shape index (κ3) is 4.37. The van der Waals surface area contributed by atoms with Gasteiger partial charge in [-0.05, 0) is 41.8 Å². The summed E-state index contributed by atoms with van der Waals surface area (Å²) in [4.78, 5) is 8.45. The lowest BCUT2D eigenvalue weighted by Crippen LogP contribution is -2.13. The first-order chi connectivity index (χ1) is 13.8. The van der Waals surface area contributed by atoms with Gasteiger partial charge < -0.3 is 5.73 Å². The van der Waals surface area contributed by atoms with Crippen molar-refractivity contribution in [2.24, 2.45) is 0 Å². The third-order valence-corrected chi connectivity index (χ3v) is 5.93. The number of nitrogens with two attached hydrogens (primary N) is 1. The molecule has 0 spiro atoms. The Hall–Kier alpha value is -3.17. The number of rotatable bonds is 5. The van der Waals surface area contributed by atoms with Crippen LogP contribution in [0.25, 0.3) is 16.8 Å². The van der Waals surface area contributed by atoms with Gasteiger partial charge in [-0.2, -0.15) is 4.98 Å². The molecular weight excluding hydrogens is 424 g/mol. The van der Waals surface area contributed by atoms with E-state index in [0.29, 0.717) is 17.3 Å². The molecule has 4 aromatic rings. The van der Waals surface area contributed by atoms with E-state index in [1.165, 1.54) is 6.20 Å². The van der Waals surface area contributed by atoms with Crippen LogP contribution >= 0.6 is 12.4 Å². The number of aromatic nitrogens is 4. The molecule has 0 amide bonds. The predicted octanol–water partition coefficient (Wildman–Crippen LogP) is 3.72. The summed E-state index contributed by atoms with van der Waals surface area (Å²) in [5.74, 6) is 0.517. The molecule has 0 unspecified atom stereocenters. The topological polar surface area (TPSA) is 115 Å². The van der Waals surface area contributed by atoms with E-state index in [2.05, 4.69) is 33.6 Å². The summed E-state index contributed by atoms with van der Waals surface area (Å²) in [7, 11) is -3.72. The Bertz CT molecular complexity index is 1290. The molecule has 30 heavy (non-hydrogen) atoms. The number of nitrogens with zero attached hydrogens (tertiary/aromatic N) is 4. The molecule has 0 fully saturated rings. The molecule has 3 N–H and O–H groups in total. The Morgan fingerprint density at radius 3 is 2.47 bits per heavy atom. The summed E-state index contributed by atoms with van der Waals surface area (Å²) < 4.78 is 29.6. The zero-order valence-electron chi connectivity index (χ0n) is 16.4. The summed E-state index contributed by atoms with van der Waals surface area (Å²) in [6.45, 7) is 4.12. The van der Waals surface area contributed by atoms with Crippen LogP contribution in [0.5, 0.6) is 0 Å². The predicted molar refractivity (Wildman–Crippen MR) is 119 cm³/mol. The molecule has 0 radical (unpaired) electrons. The lowest BCUT2D eigenvalue weighted by molar-refractivity contribution is 0.601. The number of anilines is 2. The highest BCUT2D eigenvalue weighted by atomic mass is 35.5. The van der Waals surface area contributed by atoms with E-state index in [1.807, 2.05) is 18.2 Å². The summed E-state index contributed by atoms with van der Waals surface area (Å²) >= 11 is 0. The SMILES string of the molecule is CC(C)c1ccc(S(=O)(=O)Nc2cncc(-c3ccc4nc(N)nn4c3)c2)cc1.Cl. The van der Waals surface area contributed by atoms with Crippen molar-refractivity contribution < 1.29 is 8.42 Å². The molecule has 0 aliphatic carbocycles. The van der Waals surface area contributed by atoms with Crippen molar-refractivity contribution in [1.29, 1.82) is 0 Å². The third-order valence-electron chi connectivity index (χ3n) is 4.53. The molecule has 4 rings (SSSR count). The minimum absolute atomic E-state index is 0. The van der Waals surface area contributed by atoms with E-state index < -0.39 is 10.0 Å². The van der Waals surface area contributed by atoms with Gasteiger partial charge in [-0.25, -0.2) is 12.9 Å². The Labute approximate surface area is 180 Å². The van der Waals surface area contributed by atoms with Crippen molar-refractivity contribution in [2.45, 2.75) is 24.7 Å². The second kappa shape index (κ2) is 8.29. The van der Waals surface area contributed by atoms with Gasteiger partial charge in [-0.1, -0.05) is 26.0 Å². The highest BCUT2D eigenvalue weighted by Crippen LogP contribution is 2.24. The molecule has 8 nitrogen and oxygen atoms in total. The molecule has 0 bridgehead atoms. The van der Waals surface area contributed by atoms with Crippen molar-refractivity contribution >= 4 is 39.7 Å². The minimum Gasteiger partial charge on any atom is -0.366 e. The first-order valence-electron chi connectivity index (χ1n) is 9.02. The summed E-state index contributed by atoms with van der Waals surface area (Å²) in [6, 6.07) is 12.2. The molecular formula is C20H21ClN6O2S. The Balaban J connectivity index is 0.00000256. The average Bonchev–Trinajstić information content (AvgIpc) is 3.07. The van der Waals surface area contributed by atoms with Gasteiger partial charge in [0, 0.05) is 23.5 Å². The van der Waals surface area contributed by atoms with E-state index in [4.69, 9.17) is 5.73 Å². The number of hydrogen-bond donors (Lipinski definition) is 2. The van der Waals surface area contributed by atoms with Gasteiger partial charge in [-0.3, -0.25) is 9.71 Å². The molecule has 1 aromatic carbocycles. The van der Waals surface area contributed by atoms with Crippen LogP contribution in [0.1, 0.15) is 25.3 Å². The summed E-state index contributed by atoms with van der Waals surface area (Å²) in [6.07, 6.45) is 4.88. The number of benzene rings is 1. The molecule has 0 aliphatic rings. The van der Waals surface area contributed by atoms with Crippen molar-refractivity contribution in [1.82, 2.24) is 19.6 Å². The van der Waals surface area contributed by atoms with Gasteiger partial charge in [-0.15, -0.1) is 17.5 Å². The van der Waals surface area contributed by atoms with Crippen molar-refractivity contribution in [3.8, 4) is 11.1 Å². The monoisotopic (exact) mass is 444 g/mol. The van der Waals surface area contributed by atoms with Crippen LogP contribution < -0.4 is 10.5 Å². The van der Waals surface area contributed by atoms with Crippen LogP contribution in [0.3, 0.4) is 0 Å². The zero-order chi connectivity index (χ0) is 20.6. The summed E-state index contributed by atoms with van der Waals surface area (Å²) in [5, 5.41) is 4.09. The lowest BCUT2D eigenvalue weighted by atomic mass is 10.0. The highest BCUT2D eigenvalue weighted by molar-refractivity contribution is 7.92. The van der Waals surface area contributed by atoms with E-state index in [9.17, 15) is 8.42 Å². The van der Waals surface area contributed by atoms with Crippen LogP contribution in [0, 0.1) is 0 Å². The molecule has 0 saturated heterocycles. The van der Waals surface area contributed by atoms with Crippen LogP contribution in [0.4, 0.5) is 11.6 Å². The largest absolute Gasteiger partial charge is 0.366 e. The zero-order valence-corrected chi connectivity index (χ0v) is 18.0. The second-order valence-electron chi connectivity index (χ2n) is 6.98. The van der Waals surface area contributed by atoms with Crippen molar-refractivity contribution in [2.75, 3.05) is 10.5 Å². The number of sulfonamides is 1. The normalized spacial score (nSPS) is 11.4. The fourth-order valence-electron chi connectivity index (χ4n) is 2.97. The van der Waals surface area contributed by atoms with Gasteiger partial charge in [0.2, 0.25) is 5.95 Å². The molecule has 0 saturated carbocycles. The maximum absolute atomic E-state index is 12.7. The maximum atomic E-state index is 12.7. The Kier molecular flexibility index (Phi) is 5.95. The molecule has 0 aliphatic heterocycles. The first kappa shape index (κ1) is 21.5. The van der Waals surface area contributed by atoms with Crippen LogP contribution in [0.2, 0.25) is 0 Å². The van der Waals surface area contributed by atoms with Gasteiger partial charge in [0.15, 0.2) is 5.65 Å². The number of nitrogens with one attached hydrogen (secondary N) is 1. The molecule has 3 heterocycles. The Morgan fingerprint density at radius 1 is 1.03 bits per heavy atom. The van der Waals surface area contributed by atoms with Crippen LogP contribution in [-0.2, 0) is 10.0 Å². The van der Waals surface area contributed by atoms with Crippen LogP contribution in [-0.4, -0.2) is 28.0 Å². The van der Waals surface area contributed by atoms with Crippen molar-refractivity contribution in [3.05, 3.63) is 66.6 Å². The van der Waals surface area contributed by atoms with Crippen LogP contribution in [0.15, 0.2) is 66.0 Å². The number of nitrogen functional groups attached to an aromatic ring is 1. The van der Waals surface area contributed by atoms with E-state index in [1.54, 1.807) is 41.2 Å².